The van der Waals surface area contributed by atoms with Gasteiger partial charge in [-0.05, 0) is 52.1 Å². The summed E-state index contributed by atoms with van der Waals surface area (Å²) in [5.41, 5.74) is 1.99. The van der Waals surface area contributed by atoms with Gasteiger partial charge in [0.2, 0.25) is 5.91 Å². The van der Waals surface area contributed by atoms with Crippen molar-refractivity contribution >= 4 is 27.5 Å². The Kier molecular flexibility index (Phi) is 6.28. The van der Waals surface area contributed by atoms with Crippen LogP contribution < -0.4 is 5.32 Å². The van der Waals surface area contributed by atoms with Crippen molar-refractivity contribution in [1.82, 2.24) is 5.32 Å². The van der Waals surface area contributed by atoms with Gasteiger partial charge in [0.25, 0.3) is 5.92 Å². The summed E-state index contributed by atoms with van der Waals surface area (Å²) >= 11 is 6.48. The van der Waals surface area contributed by atoms with Gasteiger partial charge in [-0.15, -0.1) is 0 Å². The zero-order valence-electron chi connectivity index (χ0n) is 18.1. The van der Waals surface area contributed by atoms with E-state index in [0.717, 1.165) is 10.5 Å². The lowest BCUT2D eigenvalue weighted by Gasteiger charge is -2.42. The molecule has 0 aromatic heterocycles. The topological polar surface area (TPSA) is 29.1 Å². The highest BCUT2D eigenvalue weighted by atomic mass is 35.5. The van der Waals surface area contributed by atoms with Crippen molar-refractivity contribution < 1.29 is 13.6 Å². The largest absolute Gasteiger partial charge is 0.352 e. The molecule has 30 heavy (non-hydrogen) atoms. The van der Waals surface area contributed by atoms with E-state index in [-0.39, 0.29) is 24.2 Å². The summed E-state index contributed by atoms with van der Waals surface area (Å²) in [5.74, 6) is -2.91. The number of carbonyl (C=O) groups is 1. The van der Waals surface area contributed by atoms with Crippen LogP contribution >= 0.6 is 21.6 Å². The molecule has 164 valence electrons. The second-order valence-corrected chi connectivity index (χ2v) is 13.7. The van der Waals surface area contributed by atoms with Crippen LogP contribution in [0.4, 0.5) is 8.78 Å². The fourth-order valence-electron chi connectivity index (χ4n) is 3.90. The van der Waals surface area contributed by atoms with Crippen LogP contribution in [0, 0.1) is 0 Å². The van der Waals surface area contributed by atoms with Gasteiger partial charge >= 0.3 is 0 Å². The van der Waals surface area contributed by atoms with Gasteiger partial charge in [0.1, 0.15) is 0 Å². The lowest BCUT2D eigenvalue weighted by atomic mass is 9.87. The minimum Gasteiger partial charge on any atom is -0.352 e. The van der Waals surface area contributed by atoms with E-state index in [0.29, 0.717) is 5.02 Å². The third-order valence-electron chi connectivity index (χ3n) is 5.78. The van der Waals surface area contributed by atoms with E-state index in [1.54, 1.807) is 6.07 Å². The molecule has 1 saturated carbocycles. The molecule has 1 amide bonds. The lowest BCUT2D eigenvalue weighted by Crippen LogP contribution is -2.51. The molecule has 0 unspecified atom stereocenters. The van der Waals surface area contributed by atoms with Crippen molar-refractivity contribution in [2.24, 2.45) is 0 Å². The van der Waals surface area contributed by atoms with Gasteiger partial charge in [-0.2, -0.15) is 0 Å². The molecule has 3 rings (SSSR count). The van der Waals surface area contributed by atoms with Crippen LogP contribution in [-0.2, 0) is 10.2 Å². The van der Waals surface area contributed by atoms with Gasteiger partial charge < -0.3 is 5.32 Å². The Balaban J connectivity index is 1.96. The molecule has 2 aromatic rings. The van der Waals surface area contributed by atoms with E-state index < -0.39 is 27.2 Å². The van der Waals surface area contributed by atoms with Gasteiger partial charge in [0.15, 0.2) is 0 Å². The highest BCUT2D eigenvalue weighted by Crippen LogP contribution is 2.62. The molecule has 0 saturated heterocycles. The van der Waals surface area contributed by atoms with Crippen molar-refractivity contribution in [2.45, 2.75) is 61.1 Å². The number of amides is 1. The predicted octanol–water partition coefficient (Wildman–Crippen LogP) is 6.72. The monoisotopic (exact) mass is 453 g/mol. The Hall–Kier alpha value is -1.59. The van der Waals surface area contributed by atoms with E-state index in [1.807, 2.05) is 18.2 Å². The van der Waals surface area contributed by atoms with Gasteiger partial charge in [-0.25, -0.2) is 18.8 Å². The van der Waals surface area contributed by atoms with Crippen molar-refractivity contribution in [3.8, 4) is 0 Å². The molecule has 0 bridgehead atoms. The van der Waals surface area contributed by atoms with Gasteiger partial charge in [-0.1, -0.05) is 62.7 Å². The molecular weight excluding hydrogens is 424 g/mol. The number of benzene rings is 2. The van der Waals surface area contributed by atoms with Gasteiger partial charge in [0.05, 0.1) is 5.25 Å². The van der Waals surface area contributed by atoms with E-state index in [1.165, 1.54) is 5.56 Å². The SMILES string of the molecule is CC(C)(C)c1ccc(S(C)(C)[C@@H](C(=O)NC2CC(F)(F)C2)c2ccccc2Cl)cc1. The van der Waals surface area contributed by atoms with Crippen LogP contribution in [-0.4, -0.2) is 30.4 Å². The number of alkyl halides is 2. The van der Waals surface area contributed by atoms with E-state index >= 15 is 0 Å². The number of carbonyl (C=O) groups excluding carboxylic acids is 1. The van der Waals surface area contributed by atoms with Crippen LogP contribution in [0.25, 0.3) is 0 Å². The fraction of sp³-hybridized carbons (Fsp3) is 0.458. The van der Waals surface area contributed by atoms with Crippen molar-refractivity contribution in [3.05, 3.63) is 64.7 Å². The summed E-state index contributed by atoms with van der Waals surface area (Å²) in [4.78, 5) is 14.4. The van der Waals surface area contributed by atoms with Crippen LogP contribution in [0.5, 0.6) is 0 Å². The van der Waals surface area contributed by atoms with Gasteiger partial charge in [-0.3, -0.25) is 4.79 Å². The molecule has 1 aliphatic carbocycles. The first kappa shape index (κ1) is 23.1. The number of nitrogens with one attached hydrogen (secondary N) is 1. The molecule has 0 radical (unpaired) electrons. The summed E-state index contributed by atoms with van der Waals surface area (Å²) in [7, 11) is -1.68. The number of halogens is 3. The highest BCUT2D eigenvalue weighted by Gasteiger charge is 2.47. The number of hydrogen-bond acceptors (Lipinski definition) is 1. The molecule has 2 nitrogen and oxygen atoms in total. The average Bonchev–Trinajstić information content (AvgIpc) is 2.61. The number of hydrogen-bond donors (Lipinski definition) is 1. The first-order valence-electron chi connectivity index (χ1n) is 10.1. The van der Waals surface area contributed by atoms with E-state index in [4.69, 9.17) is 11.6 Å². The van der Waals surface area contributed by atoms with Crippen LogP contribution in [0.15, 0.2) is 53.4 Å². The Morgan fingerprint density at radius 1 is 1.10 bits per heavy atom. The molecule has 0 spiro atoms. The zero-order valence-corrected chi connectivity index (χ0v) is 19.7. The summed E-state index contributed by atoms with van der Waals surface area (Å²) < 4.78 is 26.6. The summed E-state index contributed by atoms with van der Waals surface area (Å²) in [5, 5.41) is 2.84. The molecule has 2 aromatic carbocycles. The van der Waals surface area contributed by atoms with Crippen LogP contribution in [0.3, 0.4) is 0 Å². The smallest absolute Gasteiger partial charge is 0.252 e. The normalized spacial score (nSPS) is 18.4. The third kappa shape index (κ3) is 4.83. The summed E-state index contributed by atoms with van der Waals surface area (Å²) in [6.45, 7) is 6.48. The molecule has 1 aliphatic rings. The number of rotatable bonds is 5. The average molecular weight is 454 g/mol. The molecular formula is C24H30ClF2NOS. The molecule has 1 fully saturated rings. The minimum absolute atomic E-state index is 0.0347. The first-order chi connectivity index (χ1) is 13.8. The fourth-order valence-corrected chi connectivity index (χ4v) is 6.76. The van der Waals surface area contributed by atoms with Crippen LogP contribution in [0.2, 0.25) is 5.02 Å². The second kappa shape index (κ2) is 8.16. The molecule has 0 aliphatic heterocycles. The quantitative estimate of drug-likeness (QED) is 0.535. The summed E-state index contributed by atoms with van der Waals surface area (Å²) in [6, 6.07) is 15.2. The Morgan fingerprint density at radius 2 is 1.67 bits per heavy atom. The Morgan fingerprint density at radius 3 is 2.17 bits per heavy atom. The minimum atomic E-state index is -2.68. The maximum atomic E-state index is 13.4. The van der Waals surface area contributed by atoms with Crippen molar-refractivity contribution in [2.75, 3.05) is 12.5 Å². The molecule has 1 atom stereocenters. The zero-order chi connectivity index (χ0) is 22.3. The third-order valence-corrected chi connectivity index (χ3v) is 9.26. The van der Waals surface area contributed by atoms with E-state index in [9.17, 15) is 13.6 Å². The Bertz CT molecular complexity index is 914. The predicted molar refractivity (Wildman–Crippen MR) is 123 cm³/mol. The van der Waals surface area contributed by atoms with Crippen molar-refractivity contribution in [3.63, 3.8) is 0 Å². The maximum Gasteiger partial charge on any atom is 0.252 e. The van der Waals surface area contributed by atoms with Crippen molar-refractivity contribution in [1.29, 1.82) is 0 Å². The second-order valence-electron chi connectivity index (χ2n) is 9.55. The highest BCUT2D eigenvalue weighted by molar-refractivity contribution is 8.33. The molecule has 6 heteroatoms. The maximum absolute atomic E-state index is 13.4. The van der Waals surface area contributed by atoms with Crippen LogP contribution in [0.1, 0.15) is 50.0 Å². The molecule has 0 heterocycles. The lowest BCUT2D eigenvalue weighted by molar-refractivity contribution is -0.128. The van der Waals surface area contributed by atoms with Gasteiger partial charge in [0, 0.05) is 23.9 Å². The summed E-state index contributed by atoms with van der Waals surface area (Å²) in [6.07, 6.45) is 3.57. The standard InChI is InChI=1S/C24H30ClF2NOS/c1-23(2,3)16-10-12-18(13-11-16)30(4,5)21(19-8-6-7-9-20(19)25)22(29)28-17-14-24(26,27)15-17/h6-13,17,21H,14-15H2,1-5H3,(H,28,29)/t21-/m1/s1. The molecule has 1 N–H and O–H groups in total. The van der Waals surface area contributed by atoms with E-state index in [2.05, 4.69) is 62.9 Å². The Labute approximate surface area is 184 Å². The first-order valence-corrected chi connectivity index (χ1v) is 13.0.